The molecule has 0 unspecified atom stereocenters. The fourth-order valence-corrected chi connectivity index (χ4v) is 1.11. The van der Waals surface area contributed by atoms with E-state index in [0.717, 1.165) is 10.5 Å². The van der Waals surface area contributed by atoms with Crippen LogP contribution in [0.3, 0.4) is 0 Å². The third-order valence-corrected chi connectivity index (χ3v) is 1.74. The quantitative estimate of drug-likeness (QED) is 0.561. The van der Waals surface area contributed by atoms with Gasteiger partial charge in [0, 0.05) is 4.90 Å². The zero-order chi connectivity index (χ0) is 7.56. The van der Waals surface area contributed by atoms with Crippen LogP contribution >= 0.6 is 12.6 Å². The molecule has 0 spiro atoms. The molecule has 1 aromatic carbocycles. The van der Waals surface area contributed by atoms with Gasteiger partial charge in [0.25, 0.3) is 0 Å². The molecule has 0 heterocycles. The van der Waals surface area contributed by atoms with Gasteiger partial charge in [0.15, 0.2) is 0 Å². The molecule has 10 heavy (non-hydrogen) atoms. The summed E-state index contributed by atoms with van der Waals surface area (Å²) in [6, 6.07) is 7.69. The van der Waals surface area contributed by atoms with Gasteiger partial charge in [0.2, 0.25) is 0 Å². The average Bonchev–Trinajstić information content (AvgIpc) is 1.88. The SMILES string of the molecule is Cc1cccc(S)c1C#N. The summed E-state index contributed by atoms with van der Waals surface area (Å²) in [7, 11) is 0. The van der Waals surface area contributed by atoms with Crippen LogP contribution in [0.2, 0.25) is 0 Å². The van der Waals surface area contributed by atoms with Crippen molar-refractivity contribution in [2.75, 3.05) is 0 Å². The summed E-state index contributed by atoms with van der Waals surface area (Å²) >= 11 is 4.13. The molecule has 1 rings (SSSR count). The predicted molar refractivity (Wildman–Crippen MR) is 43.1 cm³/mol. The molecule has 0 saturated heterocycles. The molecule has 0 fully saturated rings. The van der Waals surface area contributed by atoms with Crippen LogP contribution in [0.15, 0.2) is 23.1 Å². The number of benzene rings is 1. The Balaban J connectivity index is 3.34. The number of thiol groups is 1. The second-order valence-corrected chi connectivity index (χ2v) is 2.56. The van der Waals surface area contributed by atoms with E-state index in [9.17, 15) is 0 Å². The molecule has 1 nitrogen and oxygen atoms in total. The van der Waals surface area contributed by atoms with Crippen molar-refractivity contribution in [3.05, 3.63) is 29.3 Å². The van der Waals surface area contributed by atoms with Gasteiger partial charge in [-0.3, -0.25) is 0 Å². The van der Waals surface area contributed by atoms with E-state index >= 15 is 0 Å². The Labute approximate surface area is 65.7 Å². The molecule has 0 aliphatic heterocycles. The molecule has 0 bridgehead atoms. The van der Waals surface area contributed by atoms with Crippen LogP contribution in [0.1, 0.15) is 11.1 Å². The van der Waals surface area contributed by atoms with E-state index in [1.54, 1.807) is 0 Å². The first-order valence-electron chi connectivity index (χ1n) is 2.94. The molecule has 0 saturated carbocycles. The van der Waals surface area contributed by atoms with Crippen molar-refractivity contribution < 1.29 is 0 Å². The summed E-state index contributed by atoms with van der Waals surface area (Å²) in [5.74, 6) is 0. The Hall–Kier alpha value is -0.940. The fourth-order valence-electron chi connectivity index (χ4n) is 0.798. The van der Waals surface area contributed by atoms with Gasteiger partial charge in [0.1, 0.15) is 6.07 Å². The lowest BCUT2D eigenvalue weighted by molar-refractivity contribution is 1.30. The highest BCUT2D eigenvalue weighted by molar-refractivity contribution is 7.80. The zero-order valence-electron chi connectivity index (χ0n) is 5.63. The summed E-state index contributed by atoms with van der Waals surface area (Å²) in [5, 5.41) is 8.60. The molecular weight excluding hydrogens is 142 g/mol. The van der Waals surface area contributed by atoms with Crippen LogP contribution in [-0.4, -0.2) is 0 Å². The van der Waals surface area contributed by atoms with E-state index < -0.39 is 0 Å². The highest BCUT2D eigenvalue weighted by atomic mass is 32.1. The molecule has 0 radical (unpaired) electrons. The summed E-state index contributed by atoms with van der Waals surface area (Å²) in [4.78, 5) is 0.752. The zero-order valence-corrected chi connectivity index (χ0v) is 6.52. The van der Waals surface area contributed by atoms with Crippen molar-refractivity contribution in [3.8, 4) is 6.07 Å². The van der Waals surface area contributed by atoms with Gasteiger partial charge in [0.05, 0.1) is 5.56 Å². The van der Waals surface area contributed by atoms with Gasteiger partial charge in [-0.1, -0.05) is 12.1 Å². The predicted octanol–water partition coefficient (Wildman–Crippen LogP) is 2.16. The molecule has 0 atom stereocenters. The van der Waals surface area contributed by atoms with E-state index in [-0.39, 0.29) is 0 Å². The molecule has 0 aromatic heterocycles. The lowest BCUT2D eigenvalue weighted by Crippen LogP contribution is -1.82. The van der Waals surface area contributed by atoms with Gasteiger partial charge >= 0.3 is 0 Å². The number of nitriles is 1. The number of nitrogens with zero attached hydrogens (tertiary/aromatic N) is 1. The van der Waals surface area contributed by atoms with Crippen LogP contribution in [0.4, 0.5) is 0 Å². The average molecular weight is 149 g/mol. The van der Waals surface area contributed by atoms with Crippen molar-refractivity contribution in [2.45, 2.75) is 11.8 Å². The number of rotatable bonds is 0. The van der Waals surface area contributed by atoms with E-state index in [4.69, 9.17) is 5.26 Å². The molecule has 1 aromatic rings. The largest absolute Gasteiger partial charge is 0.192 e. The Morgan fingerprint density at radius 1 is 1.50 bits per heavy atom. The summed E-state index contributed by atoms with van der Waals surface area (Å²) in [6.07, 6.45) is 0. The van der Waals surface area contributed by atoms with Crippen LogP contribution in [0, 0.1) is 18.3 Å². The van der Waals surface area contributed by atoms with Gasteiger partial charge in [-0.05, 0) is 18.6 Å². The molecule has 0 aliphatic rings. The Morgan fingerprint density at radius 3 is 2.60 bits per heavy atom. The topological polar surface area (TPSA) is 23.8 Å². The van der Waals surface area contributed by atoms with E-state index in [1.807, 2.05) is 25.1 Å². The Morgan fingerprint density at radius 2 is 2.20 bits per heavy atom. The van der Waals surface area contributed by atoms with Crippen LogP contribution in [0.25, 0.3) is 0 Å². The Kier molecular flexibility index (Phi) is 1.98. The second-order valence-electron chi connectivity index (χ2n) is 2.08. The standard InChI is InChI=1S/C8H7NS/c1-6-3-2-4-8(10)7(6)5-9/h2-4,10H,1H3. The third kappa shape index (κ3) is 1.14. The fraction of sp³-hybridized carbons (Fsp3) is 0.125. The molecule has 0 amide bonds. The maximum Gasteiger partial charge on any atom is 0.101 e. The summed E-state index contributed by atoms with van der Waals surface area (Å²) < 4.78 is 0. The smallest absolute Gasteiger partial charge is 0.101 e. The third-order valence-electron chi connectivity index (χ3n) is 1.36. The first kappa shape index (κ1) is 7.17. The highest BCUT2D eigenvalue weighted by Crippen LogP contribution is 2.15. The van der Waals surface area contributed by atoms with Crippen LogP contribution < -0.4 is 0 Å². The molecule has 0 N–H and O–H groups in total. The molecular formula is C8H7NS. The van der Waals surface area contributed by atoms with Crippen molar-refractivity contribution in [3.63, 3.8) is 0 Å². The second kappa shape index (κ2) is 2.76. The van der Waals surface area contributed by atoms with E-state index in [2.05, 4.69) is 18.7 Å². The number of hydrogen-bond acceptors (Lipinski definition) is 2. The minimum atomic E-state index is 0.672. The highest BCUT2D eigenvalue weighted by Gasteiger charge is 1.98. The van der Waals surface area contributed by atoms with Crippen molar-refractivity contribution in [1.82, 2.24) is 0 Å². The summed E-state index contributed by atoms with van der Waals surface area (Å²) in [5.41, 5.74) is 1.65. The lowest BCUT2D eigenvalue weighted by Gasteiger charge is -1.97. The molecule has 50 valence electrons. The maximum absolute atomic E-state index is 8.60. The van der Waals surface area contributed by atoms with Gasteiger partial charge in [-0.25, -0.2) is 0 Å². The molecule has 0 aliphatic carbocycles. The van der Waals surface area contributed by atoms with Crippen LogP contribution in [-0.2, 0) is 0 Å². The van der Waals surface area contributed by atoms with Gasteiger partial charge < -0.3 is 0 Å². The van der Waals surface area contributed by atoms with Crippen LogP contribution in [0.5, 0.6) is 0 Å². The van der Waals surface area contributed by atoms with Gasteiger partial charge in [-0.2, -0.15) is 5.26 Å². The summed E-state index contributed by atoms with van der Waals surface area (Å²) in [6.45, 7) is 1.90. The van der Waals surface area contributed by atoms with E-state index in [0.29, 0.717) is 5.56 Å². The van der Waals surface area contributed by atoms with Crippen molar-refractivity contribution >= 4 is 12.6 Å². The first-order valence-corrected chi connectivity index (χ1v) is 3.39. The lowest BCUT2D eigenvalue weighted by atomic mass is 10.1. The minimum Gasteiger partial charge on any atom is -0.192 e. The number of aryl methyl sites for hydroxylation is 1. The van der Waals surface area contributed by atoms with Crippen molar-refractivity contribution in [2.24, 2.45) is 0 Å². The van der Waals surface area contributed by atoms with Gasteiger partial charge in [-0.15, -0.1) is 12.6 Å². The number of hydrogen-bond donors (Lipinski definition) is 1. The van der Waals surface area contributed by atoms with Crippen molar-refractivity contribution in [1.29, 1.82) is 5.26 Å². The monoisotopic (exact) mass is 149 g/mol. The first-order chi connectivity index (χ1) is 4.75. The molecule has 2 heteroatoms. The van der Waals surface area contributed by atoms with E-state index in [1.165, 1.54) is 0 Å². The maximum atomic E-state index is 8.60. The minimum absolute atomic E-state index is 0.672. The normalized spacial score (nSPS) is 8.90. The Bertz CT molecular complexity index is 266.